The number of Topliss-reactive ketones (excluding diaryl/α,β-unsaturated/α-hetero) is 1. The Bertz CT molecular complexity index is 1390. The van der Waals surface area contributed by atoms with Gasteiger partial charge in [-0.2, -0.15) is 0 Å². The fraction of sp³-hybridized carbons (Fsp3) is 0.393. The number of hydrogen-bond donors (Lipinski definition) is 0. The van der Waals surface area contributed by atoms with Gasteiger partial charge in [0.2, 0.25) is 11.3 Å². The molecule has 190 valence electrons. The van der Waals surface area contributed by atoms with Crippen molar-refractivity contribution in [3.05, 3.63) is 70.4 Å². The first-order valence-corrected chi connectivity index (χ1v) is 12.1. The van der Waals surface area contributed by atoms with Gasteiger partial charge in [-0.25, -0.2) is 14.4 Å². The monoisotopic (exact) mass is 493 g/mol. The summed E-state index contributed by atoms with van der Waals surface area (Å²) in [5.41, 5.74) is 4.16. The number of halogens is 1. The van der Waals surface area contributed by atoms with Gasteiger partial charge in [-0.1, -0.05) is 19.1 Å². The number of rotatable bonds is 10. The summed E-state index contributed by atoms with van der Waals surface area (Å²) in [7, 11) is 0. The molecule has 0 aliphatic carbocycles. The largest absolute Gasteiger partial charge is 0.487 e. The molecule has 0 saturated carbocycles. The van der Waals surface area contributed by atoms with Crippen molar-refractivity contribution in [2.75, 3.05) is 13.2 Å². The summed E-state index contributed by atoms with van der Waals surface area (Å²) in [6.45, 7) is 12.3. The third-order valence-electron chi connectivity index (χ3n) is 6.37. The van der Waals surface area contributed by atoms with Crippen LogP contribution in [0.1, 0.15) is 65.1 Å². The summed E-state index contributed by atoms with van der Waals surface area (Å²) in [5.74, 6) is 1.88. The SMILES string of the molecule is CC(=O)c1c(OCCn2cc(C)nc2C)c(OCCC(C)c2ccc(F)cc2)c2oc(C)nc2c1C. The lowest BCUT2D eigenvalue weighted by molar-refractivity contribution is 0.101. The molecule has 7 nitrogen and oxygen atoms in total. The van der Waals surface area contributed by atoms with Gasteiger partial charge in [-0.05, 0) is 63.3 Å². The zero-order valence-electron chi connectivity index (χ0n) is 21.6. The van der Waals surface area contributed by atoms with Crippen LogP contribution in [0.15, 0.2) is 34.9 Å². The molecular formula is C28H32FN3O4. The Morgan fingerprint density at radius 3 is 2.39 bits per heavy atom. The van der Waals surface area contributed by atoms with Crippen molar-refractivity contribution < 1.29 is 23.1 Å². The highest BCUT2D eigenvalue weighted by Crippen LogP contribution is 2.43. The maximum absolute atomic E-state index is 13.3. The quantitative estimate of drug-likeness (QED) is 0.243. The number of aryl methyl sites for hydroxylation is 4. The summed E-state index contributed by atoms with van der Waals surface area (Å²) < 4.78 is 33.7. The van der Waals surface area contributed by atoms with E-state index in [1.807, 2.05) is 31.5 Å². The van der Waals surface area contributed by atoms with E-state index in [1.54, 1.807) is 19.1 Å². The number of nitrogens with zero attached hydrogens (tertiary/aromatic N) is 3. The third kappa shape index (κ3) is 5.27. The molecule has 2 heterocycles. The molecule has 2 aromatic heterocycles. The number of carbonyl (C=O) groups excluding carboxylic acids is 1. The highest BCUT2D eigenvalue weighted by atomic mass is 19.1. The van der Waals surface area contributed by atoms with Gasteiger partial charge >= 0.3 is 0 Å². The Kier molecular flexibility index (Phi) is 7.43. The Hall–Kier alpha value is -3.68. The molecule has 0 saturated heterocycles. The number of carbonyl (C=O) groups is 1. The molecule has 0 aliphatic rings. The molecule has 0 radical (unpaired) electrons. The molecule has 0 N–H and O–H groups in total. The highest BCUT2D eigenvalue weighted by Gasteiger charge is 2.26. The van der Waals surface area contributed by atoms with Gasteiger partial charge < -0.3 is 18.5 Å². The number of fused-ring (bicyclic) bond motifs is 1. The van der Waals surface area contributed by atoms with Crippen molar-refractivity contribution >= 4 is 16.9 Å². The van der Waals surface area contributed by atoms with Crippen molar-refractivity contribution in [2.24, 2.45) is 0 Å². The smallest absolute Gasteiger partial charge is 0.207 e. The van der Waals surface area contributed by atoms with Gasteiger partial charge in [0, 0.05) is 13.1 Å². The molecule has 0 fully saturated rings. The van der Waals surface area contributed by atoms with E-state index in [1.165, 1.54) is 19.1 Å². The standard InChI is InChI=1S/C28H32FN3O4/c1-16(22-7-9-23(29)10-8-22)11-13-34-28-26(35-14-12-32-15-17(2)30-20(32)5)24(19(4)33)18(3)25-27(28)36-21(6)31-25/h7-10,15-16H,11-14H2,1-6H3. The number of imidazole rings is 1. The van der Waals surface area contributed by atoms with Crippen molar-refractivity contribution in [1.29, 1.82) is 0 Å². The van der Waals surface area contributed by atoms with Gasteiger partial charge in [0.1, 0.15) is 23.8 Å². The second kappa shape index (κ2) is 10.5. The van der Waals surface area contributed by atoms with Crippen LogP contribution in [0, 0.1) is 33.5 Å². The van der Waals surface area contributed by atoms with Crippen molar-refractivity contribution in [3.8, 4) is 11.5 Å². The second-order valence-corrected chi connectivity index (χ2v) is 9.19. The molecule has 4 rings (SSSR count). The van der Waals surface area contributed by atoms with E-state index < -0.39 is 0 Å². The van der Waals surface area contributed by atoms with E-state index in [4.69, 9.17) is 13.9 Å². The normalized spacial score (nSPS) is 12.2. The maximum atomic E-state index is 13.3. The van der Waals surface area contributed by atoms with Gasteiger partial charge in [-0.3, -0.25) is 4.79 Å². The molecule has 36 heavy (non-hydrogen) atoms. The van der Waals surface area contributed by atoms with Crippen LogP contribution >= 0.6 is 0 Å². The molecule has 0 aliphatic heterocycles. The minimum Gasteiger partial charge on any atom is -0.487 e. The lowest BCUT2D eigenvalue weighted by Crippen LogP contribution is -2.13. The summed E-state index contributed by atoms with van der Waals surface area (Å²) in [5, 5.41) is 0. The number of hydrogen-bond acceptors (Lipinski definition) is 6. The van der Waals surface area contributed by atoms with Crippen LogP contribution in [-0.4, -0.2) is 33.5 Å². The second-order valence-electron chi connectivity index (χ2n) is 9.19. The van der Waals surface area contributed by atoms with Crippen LogP contribution in [0.25, 0.3) is 11.1 Å². The number of ketones is 1. The molecule has 0 bridgehead atoms. The van der Waals surface area contributed by atoms with Crippen LogP contribution in [0.2, 0.25) is 0 Å². The summed E-state index contributed by atoms with van der Waals surface area (Å²) in [4.78, 5) is 21.7. The van der Waals surface area contributed by atoms with E-state index in [0.29, 0.717) is 65.8 Å². The Balaban J connectivity index is 1.63. The minimum atomic E-state index is -0.260. The number of benzene rings is 2. The molecule has 4 aromatic rings. The Morgan fingerprint density at radius 2 is 1.75 bits per heavy atom. The molecule has 1 unspecified atom stereocenters. The summed E-state index contributed by atoms with van der Waals surface area (Å²) in [6.07, 6.45) is 2.64. The average molecular weight is 494 g/mol. The van der Waals surface area contributed by atoms with Crippen molar-refractivity contribution in [3.63, 3.8) is 0 Å². The van der Waals surface area contributed by atoms with E-state index in [0.717, 1.165) is 17.1 Å². The zero-order valence-corrected chi connectivity index (χ0v) is 21.6. The molecule has 0 amide bonds. The van der Waals surface area contributed by atoms with E-state index >= 15 is 0 Å². The van der Waals surface area contributed by atoms with E-state index in [-0.39, 0.29) is 17.5 Å². The minimum absolute atomic E-state index is 0.135. The summed E-state index contributed by atoms with van der Waals surface area (Å²) in [6, 6.07) is 6.49. The molecule has 1 atom stereocenters. The van der Waals surface area contributed by atoms with Crippen molar-refractivity contribution in [1.82, 2.24) is 14.5 Å². The molecule has 0 spiro atoms. The number of aromatic nitrogens is 3. The number of oxazole rings is 1. The molecule has 2 aromatic carbocycles. The lowest BCUT2D eigenvalue weighted by Gasteiger charge is -2.19. The maximum Gasteiger partial charge on any atom is 0.207 e. The first-order valence-electron chi connectivity index (χ1n) is 12.1. The fourth-order valence-electron chi connectivity index (χ4n) is 4.47. The highest BCUT2D eigenvalue weighted by molar-refractivity contribution is 6.05. The van der Waals surface area contributed by atoms with Crippen molar-refractivity contribution in [2.45, 2.75) is 60.4 Å². The fourth-order valence-corrected chi connectivity index (χ4v) is 4.47. The Morgan fingerprint density at radius 1 is 1.06 bits per heavy atom. The number of ether oxygens (including phenoxy) is 2. The van der Waals surface area contributed by atoms with Gasteiger partial charge in [0.05, 0.1) is 24.4 Å². The predicted molar refractivity (Wildman–Crippen MR) is 136 cm³/mol. The van der Waals surface area contributed by atoms with Crippen LogP contribution in [0.4, 0.5) is 4.39 Å². The first-order chi connectivity index (χ1) is 17.2. The predicted octanol–water partition coefficient (Wildman–Crippen LogP) is 6.25. The van der Waals surface area contributed by atoms with Crippen LogP contribution in [0.3, 0.4) is 0 Å². The van der Waals surface area contributed by atoms with Crippen LogP contribution in [0.5, 0.6) is 11.5 Å². The van der Waals surface area contributed by atoms with Gasteiger partial charge in [0.25, 0.3) is 0 Å². The molecule has 8 heteroatoms. The molecular weight excluding hydrogens is 461 g/mol. The van der Waals surface area contributed by atoms with Crippen LogP contribution in [-0.2, 0) is 6.54 Å². The van der Waals surface area contributed by atoms with E-state index in [9.17, 15) is 9.18 Å². The van der Waals surface area contributed by atoms with Crippen LogP contribution < -0.4 is 9.47 Å². The summed E-state index contributed by atoms with van der Waals surface area (Å²) >= 11 is 0. The topological polar surface area (TPSA) is 79.4 Å². The van der Waals surface area contributed by atoms with Gasteiger partial charge in [0.15, 0.2) is 17.4 Å². The lowest BCUT2D eigenvalue weighted by atomic mass is 9.98. The average Bonchev–Trinajstić information content (AvgIpc) is 3.36. The third-order valence-corrected chi connectivity index (χ3v) is 6.37. The van der Waals surface area contributed by atoms with E-state index in [2.05, 4.69) is 16.9 Å². The first kappa shape index (κ1) is 25.4. The van der Waals surface area contributed by atoms with Gasteiger partial charge in [-0.15, -0.1) is 0 Å². The zero-order chi connectivity index (χ0) is 26.0. The Labute approximate surface area is 210 Å².